The number of benzene rings is 3. The second kappa shape index (κ2) is 6.10. The maximum absolute atomic E-state index is 13.4. The highest BCUT2D eigenvalue weighted by molar-refractivity contribution is 6.07. The van der Waals surface area contributed by atoms with Crippen LogP contribution in [0.5, 0.6) is 11.5 Å². The largest absolute Gasteiger partial charge is 0.493 e. The van der Waals surface area contributed by atoms with Gasteiger partial charge in [-0.05, 0) is 17.7 Å². The first-order valence-electron chi connectivity index (χ1n) is 9.91. The molecule has 1 N–H and O–H groups in total. The Morgan fingerprint density at radius 3 is 2.70 bits per heavy atom. The average Bonchev–Trinajstić information content (AvgIpc) is 3.35. The van der Waals surface area contributed by atoms with Gasteiger partial charge in [-0.15, -0.1) is 0 Å². The Kier molecular flexibility index (Phi) is 3.47. The molecule has 148 valence electrons. The molecule has 6 rings (SSSR count). The van der Waals surface area contributed by atoms with E-state index in [0.29, 0.717) is 17.9 Å². The van der Waals surface area contributed by atoms with Gasteiger partial charge in [-0.1, -0.05) is 60.7 Å². The standard InChI is InChI=1S/C24H19N3O3/c1-29-21-13-7-10-16-20-14-19(15-8-3-2-4-9-15)26-27(20)24(30-22(16)21)17-11-5-6-12-18(17)25-23(24)28/h2-13,20H,14H2,1H3,(H,25,28)/t20-,24-/m0/s1. The zero-order valence-corrected chi connectivity index (χ0v) is 16.3. The van der Waals surface area contributed by atoms with E-state index in [-0.39, 0.29) is 11.9 Å². The molecule has 1 spiro atoms. The van der Waals surface area contributed by atoms with E-state index in [9.17, 15) is 4.79 Å². The molecule has 0 aliphatic carbocycles. The Morgan fingerprint density at radius 1 is 1.07 bits per heavy atom. The maximum Gasteiger partial charge on any atom is 0.306 e. The minimum atomic E-state index is -1.38. The van der Waals surface area contributed by atoms with Gasteiger partial charge in [0.2, 0.25) is 0 Å². The van der Waals surface area contributed by atoms with Crippen LogP contribution in [0.25, 0.3) is 0 Å². The molecule has 1 amide bonds. The lowest BCUT2D eigenvalue weighted by Crippen LogP contribution is -2.55. The van der Waals surface area contributed by atoms with Crippen LogP contribution >= 0.6 is 0 Å². The minimum absolute atomic E-state index is 0.143. The lowest BCUT2D eigenvalue weighted by atomic mass is 9.92. The van der Waals surface area contributed by atoms with Crippen LogP contribution in [0.3, 0.4) is 0 Å². The molecule has 3 aliphatic heterocycles. The van der Waals surface area contributed by atoms with E-state index in [1.807, 2.05) is 77.8 Å². The lowest BCUT2D eigenvalue weighted by Gasteiger charge is -2.44. The third-order valence-electron chi connectivity index (χ3n) is 6.03. The number of rotatable bonds is 2. The Bertz CT molecular complexity index is 1210. The van der Waals surface area contributed by atoms with Crippen molar-refractivity contribution in [1.29, 1.82) is 0 Å². The number of nitrogens with one attached hydrogen (secondary N) is 1. The molecule has 0 saturated heterocycles. The summed E-state index contributed by atoms with van der Waals surface area (Å²) >= 11 is 0. The highest BCUT2D eigenvalue weighted by Gasteiger charge is 2.61. The van der Waals surface area contributed by atoms with Gasteiger partial charge in [0.25, 0.3) is 5.91 Å². The highest BCUT2D eigenvalue weighted by atomic mass is 16.6. The molecular formula is C24H19N3O3. The van der Waals surface area contributed by atoms with Crippen molar-refractivity contribution in [2.75, 3.05) is 12.4 Å². The summed E-state index contributed by atoms with van der Waals surface area (Å²) in [7, 11) is 1.61. The number of hydrogen-bond donors (Lipinski definition) is 1. The average molecular weight is 397 g/mol. The first-order valence-corrected chi connectivity index (χ1v) is 9.91. The molecule has 0 fully saturated rings. The van der Waals surface area contributed by atoms with Crippen LogP contribution in [-0.4, -0.2) is 23.7 Å². The molecule has 0 unspecified atom stereocenters. The van der Waals surface area contributed by atoms with E-state index in [1.165, 1.54) is 0 Å². The molecule has 0 radical (unpaired) electrons. The van der Waals surface area contributed by atoms with Crippen molar-refractivity contribution in [3.63, 3.8) is 0 Å². The van der Waals surface area contributed by atoms with Crippen molar-refractivity contribution in [3.05, 3.63) is 89.5 Å². The molecular weight excluding hydrogens is 378 g/mol. The van der Waals surface area contributed by atoms with Crippen molar-refractivity contribution < 1.29 is 14.3 Å². The number of anilines is 1. The van der Waals surface area contributed by atoms with E-state index in [2.05, 4.69) is 5.32 Å². The number of methoxy groups -OCH3 is 1. The Balaban J connectivity index is 1.60. The summed E-state index contributed by atoms with van der Waals surface area (Å²) < 4.78 is 12.1. The number of amides is 1. The monoisotopic (exact) mass is 397 g/mol. The number of fused-ring (bicyclic) bond motifs is 6. The van der Waals surface area contributed by atoms with Gasteiger partial charge in [-0.2, -0.15) is 5.10 Å². The number of carbonyl (C=O) groups is 1. The molecule has 3 aliphatic rings. The van der Waals surface area contributed by atoms with Gasteiger partial charge in [-0.3, -0.25) is 4.79 Å². The minimum Gasteiger partial charge on any atom is -0.493 e. The summed E-state index contributed by atoms with van der Waals surface area (Å²) in [6.07, 6.45) is 0.671. The zero-order chi connectivity index (χ0) is 20.3. The molecule has 0 bridgehead atoms. The molecule has 3 heterocycles. The van der Waals surface area contributed by atoms with Gasteiger partial charge in [0, 0.05) is 12.0 Å². The summed E-state index contributed by atoms with van der Waals surface area (Å²) in [6.45, 7) is 0. The summed E-state index contributed by atoms with van der Waals surface area (Å²) in [4.78, 5) is 13.4. The van der Waals surface area contributed by atoms with Crippen LogP contribution in [-0.2, 0) is 10.5 Å². The lowest BCUT2D eigenvalue weighted by molar-refractivity contribution is -0.161. The summed E-state index contributed by atoms with van der Waals surface area (Å²) in [6, 6.07) is 23.3. The van der Waals surface area contributed by atoms with Gasteiger partial charge in [0.1, 0.15) is 0 Å². The van der Waals surface area contributed by atoms with Crippen LogP contribution < -0.4 is 14.8 Å². The Hall–Kier alpha value is -3.80. The predicted molar refractivity (Wildman–Crippen MR) is 113 cm³/mol. The number of nitrogens with zero attached hydrogens (tertiary/aromatic N) is 2. The molecule has 3 aromatic carbocycles. The summed E-state index contributed by atoms with van der Waals surface area (Å²) in [5.41, 5.74) is 3.05. The second-order valence-electron chi connectivity index (χ2n) is 7.60. The van der Waals surface area contributed by atoms with Gasteiger partial charge in [-0.25, -0.2) is 5.01 Å². The quantitative estimate of drug-likeness (QED) is 0.709. The van der Waals surface area contributed by atoms with E-state index in [4.69, 9.17) is 14.6 Å². The fraction of sp³-hybridized carbons (Fsp3) is 0.167. The Morgan fingerprint density at radius 2 is 1.87 bits per heavy atom. The number of hydrazone groups is 1. The van der Waals surface area contributed by atoms with Gasteiger partial charge in [0.05, 0.1) is 30.1 Å². The summed E-state index contributed by atoms with van der Waals surface area (Å²) in [5.74, 6) is 0.956. The number of ether oxygens (including phenoxy) is 2. The smallest absolute Gasteiger partial charge is 0.306 e. The number of hydrogen-bond acceptors (Lipinski definition) is 5. The topological polar surface area (TPSA) is 63.2 Å². The molecule has 6 nitrogen and oxygen atoms in total. The first-order chi connectivity index (χ1) is 14.7. The second-order valence-corrected chi connectivity index (χ2v) is 7.60. The number of para-hydroxylation sites is 2. The van der Waals surface area contributed by atoms with Crippen molar-refractivity contribution in [2.45, 2.75) is 18.2 Å². The maximum atomic E-state index is 13.4. The molecule has 2 atom stereocenters. The molecule has 0 aromatic heterocycles. The van der Waals surface area contributed by atoms with Crippen molar-refractivity contribution in [1.82, 2.24) is 5.01 Å². The van der Waals surface area contributed by atoms with Gasteiger partial charge < -0.3 is 14.8 Å². The zero-order valence-electron chi connectivity index (χ0n) is 16.3. The normalized spacial score (nSPS) is 23.2. The fourth-order valence-electron chi connectivity index (χ4n) is 4.65. The number of carbonyl (C=O) groups excluding carboxylic acids is 1. The predicted octanol–water partition coefficient (Wildman–Crippen LogP) is 4.04. The van der Waals surface area contributed by atoms with Crippen LogP contribution in [0.2, 0.25) is 0 Å². The van der Waals surface area contributed by atoms with Crippen LogP contribution in [0.15, 0.2) is 77.9 Å². The van der Waals surface area contributed by atoms with Crippen molar-refractivity contribution in [3.8, 4) is 11.5 Å². The van der Waals surface area contributed by atoms with Crippen LogP contribution in [0.4, 0.5) is 5.69 Å². The van der Waals surface area contributed by atoms with E-state index in [0.717, 1.165) is 28.1 Å². The SMILES string of the molecule is COc1cccc2c1O[C@@]1(C(=O)Nc3ccccc31)N1N=C(c3ccccc3)C[C@@H]21. The van der Waals surface area contributed by atoms with E-state index >= 15 is 0 Å². The molecule has 0 saturated carbocycles. The van der Waals surface area contributed by atoms with Gasteiger partial charge >= 0.3 is 5.72 Å². The fourth-order valence-corrected chi connectivity index (χ4v) is 4.65. The van der Waals surface area contributed by atoms with Crippen LogP contribution in [0, 0.1) is 0 Å². The molecule has 30 heavy (non-hydrogen) atoms. The van der Waals surface area contributed by atoms with E-state index in [1.54, 1.807) is 7.11 Å². The molecule has 6 heteroatoms. The highest BCUT2D eigenvalue weighted by Crippen LogP contribution is 2.56. The molecule has 3 aromatic rings. The van der Waals surface area contributed by atoms with Crippen molar-refractivity contribution >= 4 is 17.3 Å². The third-order valence-corrected chi connectivity index (χ3v) is 6.03. The van der Waals surface area contributed by atoms with E-state index < -0.39 is 5.72 Å². The van der Waals surface area contributed by atoms with Gasteiger partial charge in [0.15, 0.2) is 11.5 Å². The third kappa shape index (κ3) is 2.13. The van der Waals surface area contributed by atoms with Crippen molar-refractivity contribution in [2.24, 2.45) is 5.10 Å². The Labute approximate surface area is 173 Å². The summed E-state index contributed by atoms with van der Waals surface area (Å²) in [5, 5.41) is 9.75. The van der Waals surface area contributed by atoms with Crippen LogP contribution in [0.1, 0.15) is 29.2 Å². The first kappa shape index (κ1) is 17.1.